The average molecular weight is 225 g/mol. The number of benzene rings is 1. The summed E-state index contributed by atoms with van der Waals surface area (Å²) in [4.78, 5) is 0. The Morgan fingerprint density at radius 2 is 1.87 bits per heavy atom. The quantitative estimate of drug-likeness (QED) is 0.792. The molecular weight excluding hydrogens is 210 g/mol. The number of nitrogens with one attached hydrogen (secondary N) is 1. The molecule has 0 bridgehead atoms. The number of sulfonamides is 1. The lowest BCUT2D eigenvalue weighted by Crippen LogP contribution is -2.40. The van der Waals surface area contributed by atoms with Crippen LogP contribution in [0.1, 0.15) is 30.6 Å². The van der Waals surface area contributed by atoms with Crippen molar-refractivity contribution >= 4 is 10.0 Å². The second kappa shape index (κ2) is 3.94. The third-order valence-electron chi connectivity index (χ3n) is 2.77. The first-order valence-electron chi connectivity index (χ1n) is 5.16. The van der Waals surface area contributed by atoms with Crippen LogP contribution < -0.4 is 4.72 Å². The molecule has 0 aromatic heterocycles. The Morgan fingerprint density at radius 1 is 1.20 bits per heavy atom. The minimum absolute atomic E-state index is 0.0648. The molecular formula is C11H15NO2S. The zero-order valence-corrected chi connectivity index (χ0v) is 9.50. The maximum Gasteiger partial charge on any atom is 0.218 e. The van der Waals surface area contributed by atoms with Crippen LogP contribution in [-0.4, -0.2) is 14.5 Å². The van der Waals surface area contributed by atoms with Gasteiger partial charge in [0.25, 0.3) is 0 Å². The van der Waals surface area contributed by atoms with E-state index in [0.29, 0.717) is 6.42 Å². The van der Waals surface area contributed by atoms with Crippen LogP contribution in [0.5, 0.6) is 0 Å². The van der Waals surface area contributed by atoms with Crippen molar-refractivity contribution < 1.29 is 8.42 Å². The second-order valence-corrected chi connectivity index (χ2v) is 5.94. The largest absolute Gasteiger partial charge is 0.218 e. The molecule has 15 heavy (non-hydrogen) atoms. The van der Waals surface area contributed by atoms with E-state index in [2.05, 4.69) is 4.72 Å². The van der Waals surface area contributed by atoms with Gasteiger partial charge in [0.1, 0.15) is 5.25 Å². The molecule has 0 aliphatic carbocycles. The molecule has 2 unspecified atom stereocenters. The molecule has 0 radical (unpaired) electrons. The summed E-state index contributed by atoms with van der Waals surface area (Å²) in [5, 5.41) is -0.380. The summed E-state index contributed by atoms with van der Waals surface area (Å²) in [6, 6.07) is 9.47. The van der Waals surface area contributed by atoms with Gasteiger partial charge in [-0.15, -0.1) is 0 Å². The highest BCUT2D eigenvalue weighted by Gasteiger charge is 2.32. The lowest BCUT2D eigenvalue weighted by atomic mass is 10.1. The van der Waals surface area contributed by atoms with Crippen molar-refractivity contribution in [1.82, 2.24) is 4.72 Å². The van der Waals surface area contributed by atoms with Gasteiger partial charge in [-0.25, -0.2) is 13.1 Å². The summed E-state index contributed by atoms with van der Waals surface area (Å²) >= 11 is 0. The van der Waals surface area contributed by atoms with Gasteiger partial charge in [-0.1, -0.05) is 30.3 Å². The van der Waals surface area contributed by atoms with Crippen LogP contribution in [0.3, 0.4) is 0 Å². The van der Waals surface area contributed by atoms with Crippen molar-refractivity contribution in [2.45, 2.75) is 31.1 Å². The predicted molar refractivity (Wildman–Crippen MR) is 59.9 cm³/mol. The molecule has 1 aliphatic rings. The van der Waals surface area contributed by atoms with Crippen LogP contribution in [0.15, 0.2) is 30.3 Å². The van der Waals surface area contributed by atoms with Crippen LogP contribution in [0.2, 0.25) is 0 Å². The van der Waals surface area contributed by atoms with Crippen LogP contribution in [0, 0.1) is 0 Å². The van der Waals surface area contributed by atoms with E-state index in [1.807, 2.05) is 37.3 Å². The first kappa shape index (κ1) is 10.6. The van der Waals surface area contributed by atoms with Crippen LogP contribution >= 0.6 is 0 Å². The van der Waals surface area contributed by atoms with E-state index in [9.17, 15) is 8.42 Å². The van der Waals surface area contributed by atoms with Crippen molar-refractivity contribution in [2.24, 2.45) is 0 Å². The summed E-state index contributed by atoms with van der Waals surface area (Å²) in [6.45, 7) is 1.90. The molecule has 82 valence electrons. The fourth-order valence-electron chi connectivity index (χ4n) is 1.99. The molecule has 2 rings (SSSR count). The van der Waals surface area contributed by atoms with E-state index in [1.54, 1.807) is 0 Å². The van der Waals surface area contributed by atoms with E-state index in [-0.39, 0.29) is 11.3 Å². The van der Waals surface area contributed by atoms with Crippen molar-refractivity contribution in [3.05, 3.63) is 35.9 Å². The molecule has 0 amide bonds. The standard InChI is InChI=1S/C11H15NO2S/c1-9-7-8-11(15(13,14)12-9)10-5-3-2-4-6-10/h2-6,9,11-12H,7-8H2,1H3. The topological polar surface area (TPSA) is 46.2 Å². The van der Waals surface area contributed by atoms with Gasteiger partial charge in [0, 0.05) is 6.04 Å². The van der Waals surface area contributed by atoms with Crippen molar-refractivity contribution in [2.75, 3.05) is 0 Å². The van der Waals surface area contributed by atoms with Gasteiger partial charge in [0.05, 0.1) is 0 Å². The van der Waals surface area contributed by atoms with Gasteiger partial charge in [-0.2, -0.15) is 0 Å². The molecule has 2 atom stereocenters. The zero-order chi connectivity index (χ0) is 10.9. The van der Waals surface area contributed by atoms with E-state index in [4.69, 9.17) is 0 Å². The van der Waals surface area contributed by atoms with E-state index < -0.39 is 10.0 Å². The van der Waals surface area contributed by atoms with Crippen LogP contribution in [-0.2, 0) is 10.0 Å². The molecule has 1 saturated heterocycles. The lowest BCUT2D eigenvalue weighted by Gasteiger charge is -2.27. The first-order chi connectivity index (χ1) is 7.09. The first-order valence-corrected chi connectivity index (χ1v) is 6.70. The number of hydrogen-bond donors (Lipinski definition) is 1. The Labute approximate surface area is 90.6 Å². The number of rotatable bonds is 1. The summed E-state index contributed by atoms with van der Waals surface area (Å²) in [5.41, 5.74) is 0.886. The molecule has 4 heteroatoms. The summed E-state index contributed by atoms with van der Waals surface area (Å²) in [5.74, 6) is 0. The fourth-order valence-corrected chi connectivity index (χ4v) is 3.80. The van der Waals surface area contributed by atoms with E-state index >= 15 is 0 Å². The Morgan fingerprint density at radius 3 is 2.47 bits per heavy atom. The second-order valence-electron chi connectivity index (χ2n) is 4.04. The molecule has 3 nitrogen and oxygen atoms in total. The van der Waals surface area contributed by atoms with Gasteiger partial charge in [0.15, 0.2) is 0 Å². The van der Waals surface area contributed by atoms with Gasteiger partial charge < -0.3 is 0 Å². The lowest BCUT2D eigenvalue weighted by molar-refractivity contribution is 0.482. The highest BCUT2D eigenvalue weighted by molar-refractivity contribution is 7.89. The van der Waals surface area contributed by atoms with Gasteiger partial charge in [-0.05, 0) is 25.3 Å². The summed E-state index contributed by atoms with van der Waals surface area (Å²) in [7, 11) is -3.18. The normalized spacial score (nSPS) is 29.9. The molecule has 1 aromatic rings. The molecule has 0 saturated carbocycles. The summed E-state index contributed by atoms with van der Waals surface area (Å²) < 4.78 is 26.4. The maximum atomic E-state index is 11.9. The third kappa shape index (κ3) is 2.21. The molecule has 0 spiro atoms. The molecule has 1 aliphatic heterocycles. The Kier molecular flexibility index (Phi) is 2.80. The van der Waals surface area contributed by atoms with Crippen LogP contribution in [0.25, 0.3) is 0 Å². The van der Waals surface area contributed by atoms with E-state index in [1.165, 1.54) is 0 Å². The SMILES string of the molecule is CC1CCC(c2ccccc2)S(=O)(=O)N1. The highest BCUT2D eigenvalue weighted by Crippen LogP contribution is 2.30. The minimum Gasteiger partial charge on any atom is -0.212 e. The van der Waals surface area contributed by atoms with E-state index in [0.717, 1.165) is 12.0 Å². The zero-order valence-electron chi connectivity index (χ0n) is 8.68. The highest BCUT2D eigenvalue weighted by atomic mass is 32.2. The van der Waals surface area contributed by atoms with Crippen LogP contribution in [0.4, 0.5) is 0 Å². The maximum absolute atomic E-state index is 11.9. The van der Waals surface area contributed by atoms with Gasteiger partial charge in [0.2, 0.25) is 10.0 Å². The smallest absolute Gasteiger partial charge is 0.212 e. The number of hydrogen-bond acceptors (Lipinski definition) is 2. The molecule has 1 fully saturated rings. The Hall–Kier alpha value is -0.870. The van der Waals surface area contributed by atoms with Crippen molar-refractivity contribution in [3.63, 3.8) is 0 Å². The van der Waals surface area contributed by atoms with Gasteiger partial charge in [-0.3, -0.25) is 0 Å². The fraction of sp³-hybridized carbons (Fsp3) is 0.455. The van der Waals surface area contributed by atoms with Gasteiger partial charge >= 0.3 is 0 Å². The molecule has 1 aromatic carbocycles. The molecule has 1 N–H and O–H groups in total. The van der Waals surface area contributed by atoms with Crippen molar-refractivity contribution in [1.29, 1.82) is 0 Å². The van der Waals surface area contributed by atoms with Crippen molar-refractivity contribution in [3.8, 4) is 0 Å². The monoisotopic (exact) mass is 225 g/mol. The minimum atomic E-state index is -3.18. The summed E-state index contributed by atoms with van der Waals surface area (Å²) in [6.07, 6.45) is 1.61. The Balaban J connectivity index is 2.31. The molecule has 1 heterocycles. The predicted octanol–water partition coefficient (Wildman–Crippen LogP) is 1.83. The third-order valence-corrected chi connectivity index (χ3v) is 4.76. The Bertz CT molecular complexity index is 427. The average Bonchev–Trinajstić information content (AvgIpc) is 2.17.